The second-order valence-corrected chi connectivity index (χ2v) is 9.18. The van der Waals surface area contributed by atoms with Crippen LogP contribution in [-0.2, 0) is 11.1 Å². The summed E-state index contributed by atoms with van der Waals surface area (Å²) in [6.07, 6.45) is 2.12. The maximum Gasteiger partial charge on any atom is 0.328 e. The van der Waals surface area contributed by atoms with Crippen molar-refractivity contribution in [2.45, 2.75) is 37.5 Å². The number of aliphatic hydroxyl groups is 1. The fourth-order valence-corrected chi connectivity index (χ4v) is 5.00. The molecule has 1 aliphatic carbocycles. The van der Waals surface area contributed by atoms with Gasteiger partial charge in [0.05, 0.1) is 18.1 Å². The summed E-state index contributed by atoms with van der Waals surface area (Å²) in [7, 11) is -4.32. The molecule has 2 aromatic heterocycles. The van der Waals surface area contributed by atoms with Crippen LogP contribution in [0.3, 0.4) is 0 Å². The number of hydrogen-bond acceptors (Lipinski definition) is 7. The van der Waals surface area contributed by atoms with Crippen LogP contribution in [-0.4, -0.2) is 46.2 Å². The maximum absolute atomic E-state index is 11.3. The number of nitrogens with one attached hydrogen (secondary N) is 1. The second-order valence-electron chi connectivity index (χ2n) is 7.54. The van der Waals surface area contributed by atoms with Crippen LogP contribution in [0.5, 0.6) is 0 Å². The summed E-state index contributed by atoms with van der Waals surface area (Å²) in [6.45, 7) is 0.546. The number of anilines is 2. The number of nitrogen functional groups attached to an aromatic ring is 1. The first-order chi connectivity index (χ1) is 13.7. The lowest BCUT2D eigenvalue weighted by molar-refractivity contribution is 0.0625. The van der Waals surface area contributed by atoms with Crippen LogP contribution in [0.1, 0.15) is 30.9 Å². The molecule has 154 valence electrons. The van der Waals surface area contributed by atoms with Crippen LogP contribution in [0, 0.1) is 0 Å². The van der Waals surface area contributed by atoms with Gasteiger partial charge in [0.25, 0.3) is 0 Å². The van der Waals surface area contributed by atoms with E-state index in [0.717, 1.165) is 5.56 Å². The Bertz CT molecular complexity index is 1070. The molecule has 11 heteroatoms. The Morgan fingerprint density at radius 2 is 2.03 bits per heavy atom. The van der Waals surface area contributed by atoms with E-state index in [2.05, 4.69) is 20.3 Å². The van der Waals surface area contributed by atoms with E-state index in [1.54, 1.807) is 10.9 Å². The molecule has 2 heterocycles. The fraction of sp³-hybridized carbons (Fsp3) is 0.389. The van der Waals surface area contributed by atoms with Crippen LogP contribution in [0.25, 0.3) is 11.2 Å². The van der Waals surface area contributed by atoms with Crippen LogP contribution in [0.4, 0.5) is 11.8 Å². The monoisotopic (exact) mass is 418 g/mol. The maximum atomic E-state index is 11.3. The largest absolute Gasteiger partial charge is 0.389 e. The van der Waals surface area contributed by atoms with E-state index < -0.39 is 19.4 Å². The van der Waals surface area contributed by atoms with Crippen molar-refractivity contribution in [3.8, 4) is 0 Å². The normalized spacial score (nSPS) is 22.2. The Balaban J connectivity index is 1.59. The van der Waals surface area contributed by atoms with Gasteiger partial charge in [0.1, 0.15) is 0 Å². The van der Waals surface area contributed by atoms with Crippen molar-refractivity contribution in [3.63, 3.8) is 0 Å². The number of hydrogen-bond donors (Lipinski definition) is 5. The highest BCUT2D eigenvalue weighted by Gasteiger charge is 2.43. The lowest BCUT2D eigenvalue weighted by Gasteiger charge is -2.23. The first kappa shape index (κ1) is 19.8. The van der Waals surface area contributed by atoms with Gasteiger partial charge in [-0.3, -0.25) is 4.57 Å². The first-order valence-corrected chi connectivity index (χ1v) is 11.1. The zero-order chi connectivity index (χ0) is 20.6. The Morgan fingerprint density at radius 1 is 1.28 bits per heavy atom. The van der Waals surface area contributed by atoms with Crippen LogP contribution >= 0.6 is 7.60 Å². The molecule has 2 atom stereocenters. The zero-order valence-corrected chi connectivity index (χ0v) is 16.5. The van der Waals surface area contributed by atoms with E-state index >= 15 is 0 Å². The van der Waals surface area contributed by atoms with Gasteiger partial charge in [-0.25, -0.2) is 4.98 Å². The molecule has 4 rings (SSSR count). The molecule has 0 aliphatic heterocycles. The molecule has 0 amide bonds. The summed E-state index contributed by atoms with van der Waals surface area (Å²) in [4.78, 5) is 31.5. The summed E-state index contributed by atoms with van der Waals surface area (Å²) < 4.78 is 13.2. The smallest absolute Gasteiger partial charge is 0.328 e. The van der Waals surface area contributed by atoms with E-state index in [1.165, 1.54) is 0 Å². The first-order valence-electron chi connectivity index (χ1n) is 9.27. The van der Waals surface area contributed by atoms with Crippen molar-refractivity contribution in [1.29, 1.82) is 0 Å². The number of nitrogens with two attached hydrogens (primary N) is 1. The average Bonchev–Trinajstić information content (AvgIpc) is 3.22. The van der Waals surface area contributed by atoms with Crippen LogP contribution < -0.4 is 11.1 Å². The highest BCUT2D eigenvalue weighted by atomic mass is 31.2. The molecule has 1 aliphatic rings. The van der Waals surface area contributed by atoms with Crippen molar-refractivity contribution in [1.82, 2.24) is 19.5 Å². The van der Waals surface area contributed by atoms with Crippen molar-refractivity contribution >= 4 is 30.5 Å². The van der Waals surface area contributed by atoms with Gasteiger partial charge in [-0.05, 0) is 24.8 Å². The second kappa shape index (κ2) is 7.38. The van der Waals surface area contributed by atoms with Gasteiger partial charge in [-0.15, -0.1) is 0 Å². The third-order valence-corrected chi connectivity index (χ3v) is 6.19. The van der Waals surface area contributed by atoms with Gasteiger partial charge < -0.3 is 30.5 Å². The fourth-order valence-electron chi connectivity index (χ4n) is 3.95. The Hall–Kier alpha value is -2.52. The number of rotatable bonds is 6. The Kier molecular flexibility index (Phi) is 5.04. The SMILES string of the molecule is Nc1nc(NCc2ccccc2)c2ncn([C@H]3CC[C@@](O)(CP(=O)(O)O)C3)c2n1. The predicted octanol–water partition coefficient (Wildman–Crippen LogP) is 1.65. The molecule has 0 radical (unpaired) electrons. The van der Waals surface area contributed by atoms with Gasteiger partial charge in [-0.1, -0.05) is 30.3 Å². The van der Waals surface area contributed by atoms with Crippen LogP contribution in [0.2, 0.25) is 0 Å². The molecule has 0 spiro atoms. The van der Waals surface area contributed by atoms with Gasteiger partial charge in [0.15, 0.2) is 17.0 Å². The molecular weight excluding hydrogens is 395 g/mol. The van der Waals surface area contributed by atoms with Crippen LogP contribution in [0.15, 0.2) is 36.7 Å². The van der Waals surface area contributed by atoms with Gasteiger partial charge in [0.2, 0.25) is 5.95 Å². The molecule has 6 N–H and O–H groups in total. The van der Waals surface area contributed by atoms with Crippen molar-refractivity contribution in [3.05, 3.63) is 42.2 Å². The lowest BCUT2D eigenvalue weighted by Crippen LogP contribution is -2.30. The Labute approximate surface area is 167 Å². The average molecular weight is 418 g/mol. The minimum atomic E-state index is -4.32. The molecule has 29 heavy (non-hydrogen) atoms. The van der Waals surface area contributed by atoms with E-state index in [0.29, 0.717) is 36.4 Å². The number of nitrogens with zero attached hydrogens (tertiary/aromatic N) is 4. The van der Waals surface area contributed by atoms with Crippen molar-refractivity contribution < 1.29 is 19.5 Å². The van der Waals surface area contributed by atoms with Gasteiger partial charge in [-0.2, -0.15) is 9.97 Å². The van der Waals surface area contributed by atoms with Gasteiger partial charge >= 0.3 is 7.60 Å². The highest BCUT2D eigenvalue weighted by molar-refractivity contribution is 7.51. The van der Waals surface area contributed by atoms with Gasteiger partial charge in [0, 0.05) is 12.6 Å². The summed E-state index contributed by atoms with van der Waals surface area (Å²) in [5.74, 6) is 0.608. The number of benzene rings is 1. The van der Waals surface area contributed by atoms with E-state index in [-0.39, 0.29) is 18.4 Å². The number of imidazole rings is 1. The quantitative estimate of drug-likeness (QED) is 0.375. The topological polar surface area (TPSA) is 159 Å². The van der Waals surface area contributed by atoms with Crippen molar-refractivity contribution in [2.75, 3.05) is 17.2 Å². The predicted molar refractivity (Wildman–Crippen MR) is 108 cm³/mol. The summed E-state index contributed by atoms with van der Waals surface area (Å²) in [5.41, 5.74) is 6.65. The summed E-state index contributed by atoms with van der Waals surface area (Å²) in [6, 6.07) is 9.65. The third-order valence-electron chi connectivity index (χ3n) is 5.19. The molecule has 0 saturated heterocycles. The molecule has 0 bridgehead atoms. The third kappa shape index (κ3) is 4.40. The van der Waals surface area contributed by atoms with Crippen molar-refractivity contribution in [2.24, 2.45) is 0 Å². The molecule has 3 aromatic rings. The molecule has 10 nitrogen and oxygen atoms in total. The highest BCUT2D eigenvalue weighted by Crippen LogP contribution is 2.47. The van der Waals surface area contributed by atoms with E-state index in [1.807, 2.05) is 30.3 Å². The molecular formula is C18H23N6O4P. The molecule has 1 saturated carbocycles. The zero-order valence-electron chi connectivity index (χ0n) is 15.6. The molecule has 1 fully saturated rings. The Morgan fingerprint density at radius 3 is 2.76 bits per heavy atom. The lowest BCUT2D eigenvalue weighted by atomic mass is 10.1. The number of fused-ring (bicyclic) bond motifs is 1. The molecule has 0 unspecified atom stereocenters. The standard InChI is InChI=1S/C18H23N6O4P/c19-17-22-15(20-9-12-4-2-1-3-5-12)14-16(23-17)24(11-21-14)13-6-7-18(25,8-13)10-29(26,27)28/h1-5,11,13,25H,6-10H2,(H2,26,27,28)(H3,19,20,22,23)/t13-,18-/m0/s1. The minimum Gasteiger partial charge on any atom is -0.389 e. The van der Waals surface area contributed by atoms with E-state index in [4.69, 9.17) is 5.73 Å². The molecule has 1 aromatic carbocycles. The number of aromatic nitrogens is 4. The summed E-state index contributed by atoms with van der Waals surface area (Å²) >= 11 is 0. The van der Waals surface area contributed by atoms with E-state index in [9.17, 15) is 19.5 Å². The minimum absolute atomic E-state index is 0.0956. The summed E-state index contributed by atoms with van der Waals surface area (Å²) in [5, 5.41) is 13.8.